The summed E-state index contributed by atoms with van der Waals surface area (Å²) in [7, 11) is 3.08. The van der Waals surface area contributed by atoms with Crippen LogP contribution in [0, 0.1) is 0 Å². The van der Waals surface area contributed by atoms with Crippen LogP contribution in [0.5, 0.6) is 11.5 Å². The van der Waals surface area contributed by atoms with Crippen LogP contribution < -0.4 is 19.7 Å². The van der Waals surface area contributed by atoms with Gasteiger partial charge in [-0.25, -0.2) is 4.79 Å². The number of aliphatic hydroxyl groups excluding tert-OH is 1. The number of rotatable bonds is 7. The highest BCUT2D eigenvalue weighted by molar-refractivity contribution is 5.97. The number of urea groups is 1. The lowest BCUT2D eigenvalue weighted by atomic mass is 10.2. The molecule has 1 aliphatic rings. The van der Waals surface area contributed by atoms with E-state index in [4.69, 9.17) is 14.6 Å². The molecule has 0 aromatic heterocycles. The van der Waals surface area contributed by atoms with Gasteiger partial charge in [-0.15, -0.1) is 0 Å². The Balaban J connectivity index is 2.11. The number of methoxy groups -OCH3 is 2. The standard InChI is InChI=1S/C15H21N3O5/c1-22-11-3-4-13(23-2)12(9-11)18-7-6-17(15(18)21)10-14(20)16-5-8-19/h3-4,9,19H,5-8,10H2,1-2H3,(H,16,20). The third-order valence-corrected chi connectivity index (χ3v) is 3.54. The Bertz CT molecular complexity index is 578. The maximum Gasteiger partial charge on any atom is 0.325 e. The molecule has 1 fully saturated rings. The first-order chi connectivity index (χ1) is 11.1. The molecule has 3 amide bonds. The second-order valence-electron chi connectivity index (χ2n) is 4.97. The minimum absolute atomic E-state index is 0.0401. The van der Waals surface area contributed by atoms with Crippen LogP contribution in [-0.4, -0.2) is 69.0 Å². The van der Waals surface area contributed by atoms with Crippen molar-refractivity contribution in [2.45, 2.75) is 0 Å². The van der Waals surface area contributed by atoms with Crippen molar-refractivity contribution >= 4 is 17.6 Å². The zero-order chi connectivity index (χ0) is 16.8. The number of anilines is 1. The van der Waals surface area contributed by atoms with E-state index in [0.717, 1.165) is 0 Å². The Morgan fingerprint density at radius 3 is 2.74 bits per heavy atom. The van der Waals surface area contributed by atoms with Crippen molar-refractivity contribution in [3.8, 4) is 11.5 Å². The van der Waals surface area contributed by atoms with Crippen LogP contribution >= 0.6 is 0 Å². The average Bonchev–Trinajstić information content (AvgIpc) is 2.92. The van der Waals surface area contributed by atoms with Gasteiger partial charge in [0.2, 0.25) is 5.91 Å². The molecule has 0 aliphatic carbocycles. The smallest absolute Gasteiger partial charge is 0.325 e. The Hall–Kier alpha value is -2.48. The van der Waals surface area contributed by atoms with Gasteiger partial charge in [-0.2, -0.15) is 0 Å². The fraction of sp³-hybridized carbons (Fsp3) is 0.467. The van der Waals surface area contributed by atoms with E-state index in [2.05, 4.69) is 5.32 Å². The molecule has 8 nitrogen and oxygen atoms in total. The molecule has 1 heterocycles. The molecule has 0 saturated carbocycles. The van der Waals surface area contributed by atoms with Crippen LogP contribution in [0.15, 0.2) is 18.2 Å². The molecule has 0 spiro atoms. The van der Waals surface area contributed by atoms with E-state index in [1.165, 1.54) is 12.0 Å². The van der Waals surface area contributed by atoms with E-state index in [1.807, 2.05) is 0 Å². The minimum Gasteiger partial charge on any atom is -0.497 e. The molecule has 1 aromatic rings. The van der Waals surface area contributed by atoms with Crippen molar-refractivity contribution in [3.63, 3.8) is 0 Å². The van der Waals surface area contributed by atoms with E-state index in [0.29, 0.717) is 30.3 Å². The predicted molar refractivity (Wildman–Crippen MR) is 84.0 cm³/mol. The highest BCUT2D eigenvalue weighted by Gasteiger charge is 2.32. The number of carbonyl (C=O) groups is 2. The number of ether oxygens (including phenoxy) is 2. The number of aliphatic hydroxyl groups is 1. The number of nitrogens with zero attached hydrogens (tertiary/aromatic N) is 2. The molecule has 0 bridgehead atoms. The van der Waals surface area contributed by atoms with Crippen LogP contribution in [0.2, 0.25) is 0 Å². The quantitative estimate of drug-likeness (QED) is 0.740. The lowest BCUT2D eigenvalue weighted by molar-refractivity contribution is -0.121. The van der Waals surface area contributed by atoms with Gasteiger partial charge >= 0.3 is 6.03 Å². The van der Waals surface area contributed by atoms with E-state index in [-0.39, 0.29) is 31.6 Å². The summed E-state index contributed by atoms with van der Waals surface area (Å²) in [6, 6.07) is 4.95. The number of amides is 3. The van der Waals surface area contributed by atoms with E-state index >= 15 is 0 Å². The van der Waals surface area contributed by atoms with Crippen LogP contribution in [0.4, 0.5) is 10.5 Å². The monoisotopic (exact) mass is 323 g/mol. The van der Waals surface area contributed by atoms with Crippen molar-refractivity contribution in [1.29, 1.82) is 0 Å². The lowest BCUT2D eigenvalue weighted by Crippen LogP contribution is -2.40. The average molecular weight is 323 g/mol. The van der Waals surface area contributed by atoms with Gasteiger partial charge in [0, 0.05) is 25.7 Å². The van der Waals surface area contributed by atoms with Gasteiger partial charge in [0.1, 0.15) is 18.0 Å². The maximum absolute atomic E-state index is 12.5. The number of nitrogens with one attached hydrogen (secondary N) is 1. The molecule has 2 N–H and O–H groups in total. The van der Waals surface area contributed by atoms with Crippen LogP contribution in [-0.2, 0) is 4.79 Å². The molecule has 23 heavy (non-hydrogen) atoms. The van der Waals surface area contributed by atoms with E-state index < -0.39 is 0 Å². The maximum atomic E-state index is 12.5. The molecule has 0 radical (unpaired) electrons. The molecule has 1 saturated heterocycles. The summed E-state index contributed by atoms with van der Waals surface area (Å²) in [4.78, 5) is 27.2. The summed E-state index contributed by atoms with van der Waals surface area (Å²) in [5, 5.41) is 11.2. The first-order valence-electron chi connectivity index (χ1n) is 7.26. The van der Waals surface area contributed by atoms with Crippen molar-refractivity contribution < 1.29 is 24.2 Å². The normalized spacial score (nSPS) is 14.1. The third kappa shape index (κ3) is 3.84. The van der Waals surface area contributed by atoms with Gasteiger partial charge in [0.05, 0.1) is 26.5 Å². The number of carbonyl (C=O) groups excluding carboxylic acids is 2. The highest BCUT2D eigenvalue weighted by atomic mass is 16.5. The summed E-state index contributed by atoms with van der Waals surface area (Å²) in [5.74, 6) is 0.880. The van der Waals surface area contributed by atoms with Gasteiger partial charge in [0.25, 0.3) is 0 Å². The molecule has 126 valence electrons. The number of benzene rings is 1. The minimum atomic E-state index is -0.299. The van der Waals surface area contributed by atoms with E-state index in [1.54, 1.807) is 30.2 Å². The summed E-state index contributed by atoms with van der Waals surface area (Å²) in [6.07, 6.45) is 0. The van der Waals surface area contributed by atoms with Crippen LogP contribution in [0.1, 0.15) is 0 Å². The van der Waals surface area contributed by atoms with Gasteiger partial charge in [0.15, 0.2) is 0 Å². The number of hydrogen-bond acceptors (Lipinski definition) is 5. The Kier molecular flexibility index (Phi) is 5.64. The summed E-state index contributed by atoms with van der Waals surface area (Å²) in [6.45, 7) is 0.893. The SMILES string of the molecule is COc1ccc(OC)c(N2CCN(CC(=O)NCCO)C2=O)c1. The topological polar surface area (TPSA) is 91.3 Å². The Labute approximate surface area is 134 Å². The van der Waals surface area contributed by atoms with Crippen LogP contribution in [0.3, 0.4) is 0 Å². The fourth-order valence-electron chi connectivity index (χ4n) is 2.39. The molecule has 1 aliphatic heterocycles. The van der Waals surface area contributed by atoms with Gasteiger partial charge < -0.3 is 24.8 Å². The largest absolute Gasteiger partial charge is 0.497 e. The van der Waals surface area contributed by atoms with Gasteiger partial charge in [-0.3, -0.25) is 9.69 Å². The molecule has 1 aromatic carbocycles. The Morgan fingerprint density at radius 1 is 1.30 bits per heavy atom. The molecule has 0 unspecified atom stereocenters. The molecular weight excluding hydrogens is 302 g/mol. The molecule has 2 rings (SSSR count). The summed E-state index contributed by atoms with van der Waals surface area (Å²) < 4.78 is 10.5. The van der Waals surface area contributed by atoms with Crippen molar-refractivity contribution in [3.05, 3.63) is 18.2 Å². The second kappa shape index (κ2) is 7.68. The summed E-state index contributed by atoms with van der Waals surface area (Å²) >= 11 is 0. The first-order valence-corrected chi connectivity index (χ1v) is 7.26. The first kappa shape index (κ1) is 16.9. The highest BCUT2D eigenvalue weighted by Crippen LogP contribution is 2.34. The Morgan fingerprint density at radius 2 is 2.09 bits per heavy atom. The van der Waals surface area contributed by atoms with Crippen molar-refractivity contribution in [1.82, 2.24) is 10.2 Å². The van der Waals surface area contributed by atoms with Crippen LogP contribution in [0.25, 0.3) is 0 Å². The summed E-state index contributed by atoms with van der Waals surface area (Å²) in [5.41, 5.74) is 0.607. The third-order valence-electron chi connectivity index (χ3n) is 3.54. The van der Waals surface area contributed by atoms with Crippen molar-refractivity contribution in [2.24, 2.45) is 0 Å². The zero-order valence-electron chi connectivity index (χ0n) is 13.2. The predicted octanol–water partition coefficient (Wildman–Crippen LogP) is 0.0543. The lowest BCUT2D eigenvalue weighted by Gasteiger charge is -2.21. The van der Waals surface area contributed by atoms with Crippen molar-refractivity contribution in [2.75, 3.05) is 51.9 Å². The van der Waals surface area contributed by atoms with Gasteiger partial charge in [-0.1, -0.05) is 0 Å². The molecular formula is C15H21N3O5. The second-order valence-corrected chi connectivity index (χ2v) is 4.97. The molecule has 8 heteroatoms. The fourth-order valence-corrected chi connectivity index (χ4v) is 2.39. The van der Waals surface area contributed by atoms with E-state index in [9.17, 15) is 9.59 Å². The van der Waals surface area contributed by atoms with Gasteiger partial charge in [-0.05, 0) is 12.1 Å². The number of hydrogen-bond donors (Lipinski definition) is 2. The zero-order valence-corrected chi connectivity index (χ0v) is 13.2. The molecule has 0 atom stereocenters.